The van der Waals surface area contributed by atoms with Crippen LogP contribution in [0.4, 0.5) is 0 Å². The van der Waals surface area contributed by atoms with Gasteiger partial charge in [-0.15, -0.1) is 0 Å². The highest BCUT2D eigenvalue weighted by molar-refractivity contribution is 6.21. The van der Waals surface area contributed by atoms with Crippen LogP contribution >= 0.6 is 0 Å². The first-order valence-corrected chi connectivity index (χ1v) is 9.96. The number of imide groups is 1. The average molecular weight is 389 g/mol. The lowest BCUT2D eigenvalue weighted by Crippen LogP contribution is -2.51. The van der Waals surface area contributed by atoms with E-state index in [0.29, 0.717) is 37.4 Å². The summed E-state index contributed by atoms with van der Waals surface area (Å²) in [6.07, 6.45) is -0.496. The molecule has 28 heavy (non-hydrogen) atoms. The first kappa shape index (κ1) is 20.9. The van der Waals surface area contributed by atoms with Crippen molar-refractivity contribution >= 4 is 11.8 Å². The summed E-state index contributed by atoms with van der Waals surface area (Å²) in [5.41, 5.74) is 0.761. The molecule has 1 aromatic rings. The summed E-state index contributed by atoms with van der Waals surface area (Å²) in [4.78, 5) is 30.7. The molecule has 1 aromatic carbocycles. The zero-order valence-electron chi connectivity index (χ0n) is 17.1. The normalized spacial score (nSPS) is 19.9. The predicted octanol–water partition coefficient (Wildman–Crippen LogP) is 1.08. The van der Waals surface area contributed by atoms with E-state index in [1.54, 1.807) is 24.3 Å². The van der Waals surface area contributed by atoms with Crippen molar-refractivity contribution in [2.24, 2.45) is 0 Å². The van der Waals surface area contributed by atoms with Crippen molar-refractivity contribution in [3.63, 3.8) is 0 Å². The van der Waals surface area contributed by atoms with Gasteiger partial charge in [-0.05, 0) is 32.9 Å². The molecular formula is C21H31N3O4. The Morgan fingerprint density at radius 1 is 0.964 bits per heavy atom. The molecule has 0 bridgehead atoms. The monoisotopic (exact) mass is 389 g/mol. The van der Waals surface area contributed by atoms with Gasteiger partial charge >= 0.3 is 0 Å². The second-order valence-corrected chi connectivity index (χ2v) is 8.53. The van der Waals surface area contributed by atoms with Crippen molar-refractivity contribution < 1.29 is 19.4 Å². The number of piperazine rings is 1. The topological polar surface area (TPSA) is 73.3 Å². The fourth-order valence-electron chi connectivity index (χ4n) is 3.58. The molecule has 1 saturated heterocycles. The summed E-state index contributed by atoms with van der Waals surface area (Å²) in [7, 11) is 0. The Bertz CT molecular complexity index is 673. The van der Waals surface area contributed by atoms with Crippen LogP contribution in [0.1, 0.15) is 41.5 Å². The summed E-state index contributed by atoms with van der Waals surface area (Å²) in [5.74, 6) is -0.387. The number of aliphatic hydroxyl groups excluding tert-OH is 1. The fraction of sp³-hybridized carbons (Fsp3) is 0.619. The second-order valence-electron chi connectivity index (χ2n) is 8.53. The maximum absolute atomic E-state index is 12.4. The van der Waals surface area contributed by atoms with Gasteiger partial charge in [0.05, 0.1) is 29.4 Å². The van der Waals surface area contributed by atoms with E-state index >= 15 is 0 Å². The zero-order chi connectivity index (χ0) is 20.3. The SMILES string of the molecule is CC(C)(C)OC[C@@H](O)CN1CCN(CCN2C(=O)c3ccccc3C2=O)CC1. The van der Waals surface area contributed by atoms with Gasteiger partial charge in [0, 0.05) is 45.8 Å². The van der Waals surface area contributed by atoms with Crippen molar-refractivity contribution in [2.75, 3.05) is 52.4 Å². The zero-order valence-corrected chi connectivity index (χ0v) is 17.1. The smallest absolute Gasteiger partial charge is 0.261 e. The van der Waals surface area contributed by atoms with Gasteiger partial charge in [0.2, 0.25) is 0 Å². The van der Waals surface area contributed by atoms with Gasteiger partial charge in [-0.3, -0.25) is 24.3 Å². The van der Waals surface area contributed by atoms with Crippen LogP contribution in [0.15, 0.2) is 24.3 Å². The van der Waals surface area contributed by atoms with Gasteiger partial charge in [-0.25, -0.2) is 0 Å². The van der Waals surface area contributed by atoms with Crippen LogP contribution in [0.2, 0.25) is 0 Å². The highest BCUT2D eigenvalue weighted by atomic mass is 16.5. The number of nitrogens with zero attached hydrogens (tertiary/aromatic N) is 3. The lowest BCUT2D eigenvalue weighted by molar-refractivity contribution is -0.0586. The Morgan fingerprint density at radius 3 is 2.04 bits per heavy atom. The van der Waals surface area contributed by atoms with Crippen molar-refractivity contribution in [3.8, 4) is 0 Å². The number of benzene rings is 1. The molecule has 1 N–H and O–H groups in total. The first-order chi connectivity index (χ1) is 13.2. The fourth-order valence-corrected chi connectivity index (χ4v) is 3.58. The minimum Gasteiger partial charge on any atom is -0.389 e. The largest absolute Gasteiger partial charge is 0.389 e. The van der Waals surface area contributed by atoms with E-state index in [1.165, 1.54) is 4.90 Å². The molecule has 1 atom stereocenters. The molecule has 0 spiro atoms. The molecule has 1 fully saturated rings. The van der Waals surface area contributed by atoms with Gasteiger partial charge in [0.1, 0.15) is 0 Å². The predicted molar refractivity (Wildman–Crippen MR) is 106 cm³/mol. The van der Waals surface area contributed by atoms with Crippen LogP contribution in [-0.4, -0.2) is 95.7 Å². The molecule has 7 nitrogen and oxygen atoms in total. The minimum atomic E-state index is -0.496. The van der Waals surface area contributed by atoms with E-state index in [0.717, 1.165) is 26.2 Å². The Morgan fingerprint density at radius 2 is 1.50 bits per heavy atom. The van der Waals surface area contributed by atoms with Crippen LogP contribution in [-0.2, 0) is 4.74 Å². The van der Waals surface area contributed by atoms with Crippen LogP contribution < -0.4 is 0 Å². The molecule has 0 unspecified atom stereocenters. The third-order valence-electron chi connectivity index (χ3n) is 5.16. The number of aliphatic hydroxyl groups is 1. The van der Waals surface area contributed by atoms with Crippen LogP contribution in [0.5, 0.6) is 0 Å². The van der Waals surface area contributed by atoms with E-state index in [9.17, 15) is 14.7 Å². The molecule has 0 aliphatic carbocycles. The molecular weight excluding hydrogens is 358 g/mol. The van der Waals surface area contributed by atoms with Gasteiger partial charge in [-0.1, -0.05) is 12.1 Å². The van der Waals surface area contributed by atoms with Gasteiger partial charge in [-0.2, -0.15) is 0 Å². The molecule has 0 radical (unpaired) electrons. The number of hydrogen-bond acceptors (Lipinski definition) is 6. The van der Waals surface area contributed by atoms with Crippen molar-refractivity contribution in [2.45, 2.75) is 32.5 Å². The lowest BCUT2D eigenvalue weighted by atomic mass is 10.1. The quantitative estimate of drug-likeness (QED) is 0.704. The van der Waals surface area contributed by atoms with Crippen LogP contribution in [0.25, 0.3) is 0 Å². The molecule has 154 valence electrons. The van der Waals surface area contributed by atoms with E-state index in [-0.39, 0.29) is 17.4 Å². The number of fused-ring (bicyclic) bond motifs is 1. The highest BCUT2D eigenvalue weighted by Crippen LogP contribution is 2.22. The number of rotatable bonds is 7. The third kappa shape index (κ3) is 5.17. The molecule has 7 heteroatoms. The number of β-amino-alcohol motifs (C(OH)–C–C–N with tert-alkyl or cyclic N) is 1. The van der Waals surface area contributed by atoms with Crippen molar-refractivity contribution in [1.29, 1.82) is 0 Å². The molecule has 2 aliphatic heterocycles. The molecule has 2 amide bonds. The summed E-state index contributed by atoms with van der Waals surface area (Å²) >= 11 is 0. The van der Waals surface area contributed by atoms with E-state index in [4.69, 9.17) is 4.74 Å². The third-order valence-corrected chi connectivity index (χ3v) is 5.16. The van der Waals surface area contributed by atoms with Gasteiger partial charge in [0.15, 0.2) is 0 Å². The molecule has 3 rings (SSSR count). The van der Waals surface area contributed by atoms with Crippen molar-refractivity contribution in [3.05, 3.63) is 35.4 Å². The second kappa shape index (κ2) is 8.69. The summed E-state index contributed by atoms with van der Waals surface area (Å²) in [6, 6.07) is 6.99. The number of hydrogen-bond donors (Lipinski definition) is 1. The van der Waals surface area contributed by atoms with Crippen LogP contribution in [0, 0.1) is 0 Å². The Balaban J connectivity index is 1.40. The summed E-state index contributed by atoms with van der Waals surface area (Å²) < 4.78 is 5.64. The van der Waals surface area contributed by atoms with E-state index < -0.39 is 6.10 Å². The van der Waals surface area contributed by atoms with E-state index in [1.807, 2.05) is 20.8 Å². The minimum absolute atomic E-state index is 0.193. The van der Waals surface area contributed by atoms with E-state index in [2.05, 4.69) is 9.80 Å². The van der Waals surface area contributed by atoms with Crippen molar-refractivity contribution in [1.82, 2.24) is 14.7 Å². The Hall–Kier alpha value is -1.80. The number of amides is 2. The molecule has 0 aromatic heterocycles. The summed E-state index contributed by atoms with van der Waals surface area (Å²) in [6.45, 7) is 11.4. The lowest BCUT2D eigenvalue weighted by Gasteiger charge is -2.36. The van der Waals surface area contributed by atoms with Gasteiger partial charge in [0.25, 0.3) is 11.8 Å². The average Bonchev–Trinajstić information content (AvgIpc) is 2.90. The number of ether oxygens (including phenoxy) is 1. The molecule has 2 aliphatic rings. The first-order valence-electron chi connectivity index (χ1n) is 9.96. The number of carbonyl (C=O) groups excluding carboxylic acids is 2. The maximum atomic E-state index is 12.4. The Kier molecular flexibility index (Phi) is 6.50. The molecule has 0 saturated carbocycles. The number of carbonyl (C=O) groups is 2. The Labute approximate surface area is 166 Å². The highest BCUT2D eigenvalue weighted by Gasteiger charge is 2.35. The maximum Gasteiger partial charge on any atom is 0.261 e. The standard InChI is InChI=1S/C21H31N3O4/c1-21(2,3)28-15-16(25)14-23-10-8-22(9-11-23)12-13-24-19(26)17-6-4-5-7-18(17)20(24)27/h4-7,16,25H,8-15H2,1-3H3/t16-/m0/s1. The van der Waals surface area contributed by atoms with Gasteiger partial charge < -0.3 is 9.84 Å². The molecule has 2 heterocycles. The summed E-state index contributed by atoms with van der Waals surface area (Å²) in [5, 5.41) is 10.2. The van der Waals surface area contributed by atoms with Crippen LogP contribution in [0.3, 0.4) is 0 Å².